The molecule has 0 saturated heterocycles. The van der Waals surface area contributed by atoms with E-state index in [4.69, 9.17) is 9.47 Å². The smallest absolute Gasteiger partial charge is 0.181 e. The molecule has 0 amide bonds. The Bertz CT molecular complexity index is 905. The van der Waals surface area contributed by atoms with Gasteiger partial charge in [0.15, 0.2) is 21.3 Å². The zero-order valence-electron chi connectivity index (χ0n) is 16.4. The van der Waals surface area contributed by atoms with Crippen LogP contribution in [-0.2, 0) is 9.84 Å². The zero-order valence-corrected chi connectivity index (χ0v) is 17.2. The molecule has 1 aliphatic rings. The van der Waals surface area contributed by atoms with Gasteiger partial charge >= 0.3 is 0 Å². The SMILES string of the molecule is CCC1(CC)CN(c2ccccc2)c2cc(OC)c(OC)cc2S(=O)(=O)C1. The number of rotatable bonds is 5. The summed E-state index contributed by atoms with van der Waals surface area (Å²) in [6.45, 7) is 4.77. The number of sulfone groups is 1. The molecular weight excluding hydrogens is 362 g/mol. The van der Waals surface area contributed by atoms with Crippen molar-refractivity contribution in [3.63, 3.8) is 0 Å². The number of fused-ring (bicyclic) bond motifs is 1. The molecule has 0 spiro atoms. The summed E-state index contributed by atoms with van der Waals surface area (Å²) >= 11 is 0. The van der Waals surface area contributed by atoms with E-state index in [0.717, 1.165) is 18.5 Å². The molecule has 0 aliphatic carbocycles. The number of para-hydroxylation sites is 1. The second-order valence-corrected chi connectivity index (χ2v) is 9.02. The van der Waals surface area contributed by atoms with Gasteiger partial charge in [-0.3, -0.25) is 0 Å². The van der Waals surface area contributed by atoms with E-state index in [1.54, 1.807) is 19.2 Å². The molecule has 1 heterocycles. The van der Waals surface area contributed by atoms with Crippen molar-refractivity contribution in [1.82, 2.24) is 0 Å². The molecular formula is C21H27NO4S. The van der Waals surface area contributed by atoms with Gasteiger partial charge in [-0.1, -0.05) is 32.0 Å². The van der Waals surface area contributed by atoms with Crippen LogP contribution in [0.15, 0.2) is 47.4 Å². The van der Waals surface area contributed by atoms with Crippen molar-refractivity contribution in [1.29, 1.82) is 0 Å². The lowest BCUT2D eigenvalue weighted by molar-refractivity contribution is 0.313. The Balaban J connectivity index is 2.32. The van der Waals surface area contributed by atoms with Gasteiger partial charge in [-0.05, 0) is 25.0 Å². The molecule has 0 N–H and O–H groups in total. The highest BCUT2D eigenvalue weighted by Gasteiger charge is 2.41. The van der Waals surface area contributed by atoms with Crippen LogP contribution in [0.25, 0.3) is 0 Å². The van der Waals surface area contributed by atoms with Crippen LogP contribution >= 0.6 is 0 Å². The third kappa shape index (κ3) is 3.50. The minimum Gasteiger partial charge on any atom is -0.493 e. The highest BCUT2D eigenvalue weighted by molar-refractivity contribution is 7.91. The summed E-state index contributed by atoms with van der Waals surface area (Å²) in [4.78, 5) is 2.40. The lowest BCUT2D eigenvalue weighted by Crippen LogP contribution is -2.37. The molecule has 6 heteroatoms. The van der Waals surface area contributed by atoms with Gasteiger partial charge in [-0.15, -0.1) is 0 Å². The second kappa shape index (κ2) is 7.43. The number of anilines is 2. The molecule has 1 aliphatic heterocycles. The third-order valence-corrected chi connectivity index (χ3v) is 7.64. The monoisotopic (exact) mass is 389 g/mol. The first kappa shape index (κ1) is 19.5. The molecule has 146 valence electrons. The minimum absolute atomic E-state index is 0.124. The van der Waals surface area contributed by atoms with Crippen molar-refractivity contribution in [2.24, 2.45) is 5.41 Å². The summed E-state index contributed by atoms with van der Waals surface area (Å²) in [6, 6.07) is 13.3. The van der Waals surface area contributed by atoms with Gasteiger partial charge in [0.05, 0.1) is 30.6 Å². The summed E-state index contributed by atoms with van der Waals surface area (Å²) < 4.78 is 37.5. The van der Waals surface area contributed by atoms with Crippen LogP contribution in [0.3, 0.4) is 0 Å². The van der Waals surface area contributed by atoms with Gasteiger partial charge in [-0.2, -0.15) is 0 Å². The van der Waals surface area contributed by atoms with Gasteiger partial charge in [0, 0.05) is 29.8 Å². The fourth-order valence-electron chi connectivity index (χ4n) is 3.77. The van der Waals surface area contributed by atoms with E-state index < -0.39 is 9.84 Å². The molecule has 3 rings (SSSR count). The normalized spacial score (nSPS) is 17.7. The van der Waals surface area contributed by atoms with Crippen LogP contribution in [0.2, 0.25) is 0 Å². The van der Waals surface area contributed by atoms with Gasteiger partial charge < -0.3 is 14.4 Å². The topological polar surface area (TPSA) is 55.8 Å². The first-order chi connectivity index (χ1) is 12.9. The van der Waals surface area contributed by atoms with Crippen LogP contribution in [-0.4, -0.2) is 34.9 Å². The molecule has 2 aromatic rings. The number of benzene rings is 2. The molecule has 2 aromatic carbocycles. The van der Waals surface area contributed by atoms with Crippen molar-refractivity contribution < 1.29 is 17.9 Å². The number of ether oxygens (including phenoxy) is 2. The Labute approximate surface area is 161 Å². The fraction of sp³-hybridized carbons (Fsp3) is 0.429. The summed E-state index contributed by atoms with van der Waals surface area (Å²) in [5.41, 5.74) is 1.28. The molecule has 5 nitrogen and oxygen atoms in total. The van der Waals surface area contributed by atoms with Crippen LogP contribution < -0.4 is 14.4 Å². The number of hydrogen-bond donors (Lipinski definition) is 0. The van der Waals surface area contributed by atoms with E-state index >= 15 is 0 Å². The second-order valence-electron chi connectivity index (χ2n) is 7.06. The average molecular weight is 390 g/mol. The first-order valence-electron chi connectivity index (χ1n) is 9.21. The quantitative estimate of drug-likeness (QED) is 0.757. The predicted octanol–water partition coefficient (Wildman–Crippen LogP) is 4.44. The molecule has 0 aromatic heterocycles. The number of methoxy groups -OCH3 is 2. The lowest BCUT2D eigenvalue weighted by Gasteiger charge is -2.35. The largest absolute Gasteiger partial charge is 0.493 e. The third-order valence-electron chi connectivity index (χ3n) is 5.65. The minimum atomic E-state index is -3.49. The van der Waals surface area contributed by atoms with Crippen molar-refractivity contribution in [2.45, 2.75) is 31.6 Å². The van der Waals surface area contributed by atoms with E-state index in [-0.39, 0.29) is 11.2 Å². The maximum absolute atomic E-state index is 13.3. The van der Waals surface area contributed by atoms with Crippen LogP contribution in [0, 0.1) is 5.41 Å². The molecule has 0 saturated carbocycles. The van der Waals surface area contributed by atoms with Gasteiger partial charge in [-0.25, -0.2) is 8.42 Å². The Kier molecular flexibility index (Phi) is 5.38. The maximum atomic E-state index is 13.3. The lowest BCUT2D eigenvalue weighted by atomic mass is 9.83. The Morgan fingerprint density at radius 3 is 2.15 bits per heavy atom. The Morgan fingerprint density at radius 2 is 1.59 bits per heavy atom. The summed E-state index contributed by atoms with van der Waals surface area (Å²) in [5, 5.41) is 0. The molecule has 0 radical (unpaired) electrons. The molecule has 0 atom stereocenters. The molecule has 0 bridgehead atoms. The van der Waals surface area contributed by atoms with E-state index in [9.17, 15) is 8.42 Å². The standard InChI is InChI=1S/C21H27NO4S/c1-5-21(6-2)14-22(16-10-8-7-9-11-16)17-12-18(25-3)19(26-4)13-20(17)27(23,24)15-21/h7-13H,5-6,14-15H2,1-4H3. The Hall–Kier alpha value is -2.21. The van der Waals surface area contributed by atoms with Gasteiger partial charge in [0.2, 0.25) is 0 Å². The molecule has 27 heavy (non-hydrogen) atoms. The fourth-order valence-corrected chi connectivity index (χ4v) is 6.01. The summed E-state index contributed by atoms with van der Waals surface area (Å²) in [5.74, 6) is 1.07. The summed E-state index contributed by atoms with van der Waals surface area (Å²) in [7, 11) is -0.407. The van der Waals surface area contributed by atoms with Crippen molar-refractivity contribution in [2.75, 3.05) is 31.4 Å². The Morgan fingerprint density at radius 1 is 1.00 bits per heavy atom. The predicted molar refractivity (Wildman–Crippen MR) is 108 cm³/mol. The first-order valence-corrected chi connectivity index (χ1v) is 10.9. The molecule has 0 unspecified atom stereocenters. The van der Waals surface area contributed by atoms with Crippen molar-refractivity contribution >= 4 is 21.2 Å². The highest BCUT2D eigenvalue weighted by Crippen LogP contribution is 2.46. The zero-order chi connectivity index (χ0) is 19.7. The summed E-state index contributed by atoms with van der Waals surface area (Å²) in [6.07, 6.45) is 1.57. The maximum Gasteiger partial charge on any atom is 0.181 e. The van der Waals surface area contributed by atoms with E-state index in [2.05, 4.69) is 18.7 Å². The average Bonchev–Trinajstić information content (AvgIpc) is 2.80. The van der Waals surface area contributed by atoms with Crippen LogP contribution in [0.1, 0.15) is 26.7 Å². The van der Waals surface area contributed by atoms with E-state index in [0.29, 0.717) is 28.6 Å². The van der Waals surface area contributed by atoms with Gasteiger partial charge in [0.25, 0.3) is 0 Å². The van der Waals surface area contributed by atoms with Gasteiger partial charge in [0.1, 0.15) is 0 Å². The van der Waals surface area contributed by atoms with Crippen LogP contribution in [0.4, 0.5) is 11.4 Å². The van der Waals surface area contributed by atoms with E-state index in [1.807, 2.05) is 30.3 Å². The van der Waals surface area contributed by atoms with Crippen molar-refractivity contribution in [3.05, 3.63) is 42.5 Å². The highest BCUT2D eigenvalue weighted by atomic mass is 32.2. The van der Waals surface area contributed by atoms with Crippen LogP contribution in [0.5, 0.6) is 11.5 Å². The van der Waals surface area contributed by atoms with E-state index in [1.165, 1.54) is 7.11 Å². The molecule has 0 fully saturated rings. The number of nitrogens with zero attached hydrogens (tertiary/aromatic N) is 1. The van der Waals surface area contributed by atoms with Crippen molar-refractivity contribution in [3.8, 4) is 11.5 Å². The number of hydrogen-bond acceptors (Lipinski definition) is 5.